The maximum atomic E-state index is 12.8. The summed E-state index contributed by atoms with van der Waals surface area (Å²) < 4.78 is 0. The Kier molecular flexibility index (Phi) is 4.37. The van der Waals surface area contributed by atoms with Gasteiger partial charge in [-0.25, -0.2) is 0 Å². The van der Waals surface area contributed by atoms with Gasteiger partial charge in [0.05, 0.1) is 11.5 Å². The molecular weight excluding hydrogens is 254 g/mol. The van der Waals surface area contributed by atoms with Crippen LogP contribution in [-0.4, -0.2) is 34.8 Å². The molecule has 4 N–H and O–H groups in total. The van der Waals surface area contributed by atoms with Gasteiger partial charge < -0.3 is 16.4 Å². The molecule has 114 valence electrons. The van der Waals surface area contributed by atoms with Crippen LogP contribution >= 0.6 is 0 Å². The second-order valence-electron chi connectivity index (χ2n) is 6.84. The Morgan fingerprint density at radius 1 is 1.20 bits per heavy atom. The SMILES string of the molecule is CC1CCCC(N)(C(=O)N2CC(C(N)=O)CCC2C)C1. The Hall–Kier alpha value is -1.10. The van der Waals surface area contributed by atoms with Crippen molar-refractivity contribution in [1.82, 2.24) is 4.90 Å². The lowest BCUT2D eigenvalue weighted by atomic mass is 9.75. The number of likely N-dealkylation sites (tertiary alicyclic amines) is 1. The molecule has 2 rings (SSSR count). The summed E-state index contributed by atoms with van der Waals surface area (Å²) in [6, 6.07) is 0.149. The van der Waals surface area contributed by atoms with Crippen LogP contribution in [0.3, 0.4) is 0 Å². The average molecular weight is 281 g/mol. The van der Waals surface area contributed by atoms with Crippen LogP contribution < -0.4 is 11.5 Å². The predicted octanol–water partition coefficient (Wildman–Crippen LogP) is 1.01. The average Bonchev–Trinajstić information content (AvgIpc) is 2.38. The molecule has 0 bridgehead atoms. The number of amides is 2. The van der Waals surface area contributed by atoms with Gasteiger partial charge in [-0.2, -0.15) is 0 Å². The van der Waals surface area contributed by atoms with Crippen LogP contribution in [0.5, 0.6) is 0 Å². The standard InChI is InChI=1S/C15H27N3O2/c1-10-4-3-7-15(17,8-10)14(20)18-9-12(13(16)19)6-5-11(18)2/h10-12H,3-9,17H2,1-2H3,(H2,16,19). The summed E-state index contributed by atoms with van der Waals surface area (Å²) in [5, 5.41) is 0. The molecule has 4 unspecified atom stereocenters. The molecule has 20 heavy (non-hydrogen) atoms. The van der Waals surface area contributed by atoms with Gasteiger partial charge in [0.15, 0.2) is 0 Å². The highest BCUT2D eigenvalue weighted by molar-refractivity contribution is 5.87. The third-order valence-corrected chi connectivity index (χ3v) is 5.00. The zero-order valence-electron chi connectivity index (χ0n) is 12.6. The lowest BCUT2D eigenvalue weighted by Crippen LogP contribution is -2.61. The van der Waals surface area contributed by atoms with Gasteiger partial charge in [0.25, 0.3) is 0 Å². The Labute approximate surface area is 121 Å². The Balaban J connectivity index is 2.11. The summed E-state index contributed by atoms with van der Waals surface area (Å²) in [6.45, 7) is 4.62. The van der Waals surface area contributed by atoms with Crippen LogP contribution in [-0.2, 0) is 9.59 Å². The van der Waals surface area contributed by atoms with E-state index in [0.29, 0.717) is 12.5 Å². The predicted molar refractivity (Wildman–Crippen MR) is 77.6 cm³/mol. The fourth-order valence-electron chi connectivity index (χ4n) is 3.69. The number of nitrogens with two attached hydrogens (primary N) is 2. The zero-order valence-corrected chi connectivity index (χ0v) is 12.6. The minimum atomic E-state index is -0.745. The number of carbonyl (C=O) groups is 2. The highest BCUT2D eigenvalue weighted by atomic mass is 16.2. The van der Waals surface area contributed by atoms with E-state index in [4.69, 9.17) is 11.5 Å². The van der Waals surface area contributed by atoms with E-state index in [2.05, 4.69) is 6.92 Å². The lowest BCUT2D eigenvalue weighted by molar-refractivity contribution is -0.144. The molecule has 0 radical (unpaired) electrons. The molecular formula is C15H27N3O2. The van der Waals surface area contributed by atoms with Crippen molar-refractivity contribution in [3.05, 3.63) is 0 Å². The van der Waals surface area contributed by atoms with Crippen molar-refractivity contribution in [2.45, 2.75) is 64.0 Å². The van der Waals surface area contributed by atoms with E-state index in [0.717, 1.165) is 38.5 Å². The molecule has 2 amide bonds. The van der Waals surface area contributed by atoms with Crippen molar-refractivity contribution in [2.75, 3.05) is 6.54 Å². The van der Waals surface area contributed by atoms with Crippen LogP contribution in [0.25, 0.3) is 0 Å². The smallest absolute Gasteiger partial charge is 0.242 e. The summed E-state index contributed by atoms with van der Waals surface area (Å²) in [5.74, 6) is -0.0234. The number of carbonyl (C=O) groups excluding carboxylic acids is 2. The van der Waals surface area contributed by atoms with Crippen molar-refractivity contribution in [2.24, 2.45) is 23.3 Å². The summed E-state index contributed by atoms with van der Waals surface area (Å²) in [5.41, 5.74) is 11.1. The van der Waals surface area contributed by atoms with Gasteiger partial charge in [0.2, 0.25) is 11.8 Å². The third kappa shape index (κ3) is 2.97. The highest BCUT2D eigenvalue weighted by Gasteiger charge is 2.43. The maximum absolute atomic E-state index is 12.8. The Morgan fingerprint density at radius 3 is 2.50 bits per heavy atom. The van der Waals surface area contributed by atoms with E-state index >= 15 is 0 Å². The van der Waals surface area contributed by atoms with Crippen molar-refractivity contribution in [3.8, 4) is 0 Å². The van der Waals surface area contributed by atoms with Gasteiger partial charge in [-0.3, -0.25) is 9.59 Å². The normalized spacial score (nSPS) is 38.5. The fourth-order valence-corrected chi connectivity index (χ4v) is 3.69. The molecule has 1 aliphatic heterocycles. The van der Waals surface area contributed by atoms with Gasteiger partial charge in [0.1, 0.15) is 0 Å². The number of piperidine rings is 1. The topological polar surface area (TPSA) is 89.4 Å². The number of hydrogen-bond acceptors (Lipinski definition) is 3. The molecule has 5 heteroatoms. The number of primary amides is 1. The van der Waals surface area contributed by atoms with Crippen LogP contribution in [0.4, 0.5) is 0 Å². The van der Waals surface area contributed by atoms with Gasteiger partial charge >= 0.3 is 0 Å². The molecule has 0 aromatic heterocycles. The van der Waals surface area contributed by atoms with E-state index in [1.165, 1.54) is 0 Å². The van der Waals surface area contributed by atoms with Crippen molar-refractivity contribution < 1.29 is 9.59 Å². The Morgan fingerprint density at radius 2 is 1.90 bits per heavy atom. The number of rotatable bonds is 2. The number of nitrogens with zero attached hydrogens (tertiary/aromatic N) is 1. The lowest BCUT2D eigenvalue weighted by Gasteiger charge is -2.44. The molecule has 1 saturated carbocycles. The molecule has 1 heterocycles. The first kappa shape index (κ1) is 15.3. The minimum absolute atomic E-state index is 0.0162. The summed E-state index contributed by atoms with van der Waals surface area (Å²) in [6.07, 6.45) is 5.24. The minimum Gasteiger partial charge on any atom is -0.369 e. The molecule has 4 atom stereocenters. The quantitative estimate of drug-likeness (QED) is 0.791. The first-order chi connectivity index (χ1) is 9.33. The molecule has 0 aromatic rings. The second-order valence-corrected chi connectivity index (χ2v) is 6.84. The zero-order chi connectivity index (χ0) is 14.9. The number of hydrogen-bond donors (Lipinski definition) is 2. The van der Waals surface area contributed by atoms with E-state index in [1.54, 1.807) is 4.90 Å². The fraction of sp³-hybridized carbons (Fsp3) is 0.867. The molecule has 1 saturated heterocycles. The monoisotopic (exact) mass is 281 g/mol. The highest BCUT2D eigenvalue weighted by Crippen LogP contribution is 2.34. The molecule has 2 fully saturated rings. The molecule has 1 aliphatic carbocycles. The maximum Gasteiger partial charge on any atom is 0.242 e. The van der Waals surface area contributed by atoms with Crippen LogP contribution in [0.1, 0.15) is 52.4 Å². The molecule has 0 spiro atoms. The van der Waals surface area contributed by atoms with Crippen LogP contribution in [0.15, 0.2) is 0 Å². The van der Waals surface area contributed by atoms with E-state index < -0.39 is 5.54 Å². The molecule has 5 nitrogen and oxygen atoms in total. The molecule has 2 aliphatic rings. The van der Waals surface area contributed by atoms with Crippen molar-refractivity contribution in [3.63, 3.8) is 0 Å². The van der Waals surface area contributed by atoms with Crippen molar-refractivity contribution in [1.29, 1.82) is 0 Å². The summed E-state index contributed by atoms with van der Waals surface area (Å²) in [4.78, 5) is 26.0. The van der Waals surface area contributed by atoms with Crippen molar-refractivity contribution >= 4 is 11.8 Å². The van der Waals surface area contributed by atoms with Gasteiger partial charge in [-0.1, -0.05) is 19.8 Å². The third-order valence-electron chi connectivity index (χ3n) is 5.00. The molecule has 0 aromatic carbocycles. The second kappa shape index (κ2) is 5.72. The van der Waals surface area contributed by atoms with E-state index in [9.17, 15) is 9.59 Å². The van der Waals surface area contributed by atoms with Crippen LogP contribution in [0, 0.1) is 11.8 Å². The van der Waals surface area contributed by atoms with Crippen LogP contribution in [0.2, 0.25) is 0 Å². The summed E-state index contributed by atoms with van der Waals surface area (Å²) in [7, 11) is 0. The van der Waals surface area contributed by atoms with Gasteiger partial charge in [-0.05, 0) is 38.5 Å². The summed E-state index contributed by atoms with van der Waals surface area (Å²) >= 11 is 0. The van der Waals surface area contributed by atoms with Gasteiger partial charge in [-0.15, -0.1) is 0 Å². The van der Waals surface area contributed by atoms with E-state index in [-0.39, 0.29) is 23.8 Å². The largest absolute Gasteiger partial charge is 0.369 e. The first-order valence-electron chi connectivity index (χ1n) is 7.73. The van der Waals surface area contributed by atoms with Gasteiger partial charge in [0, 0.05) is 12.6 Å². The first-order valence-corrected chi connectivity index (χ1v) is 7.73. The Bertz CT molecular complexity index is 399. The van der Waals surface area contributed by atoms with E-state index in [1.807, 2.05) is 6.92 Å².